The average molecular weight is 323 g/mol. The number of carboxylic acid groups (broad SMARTS) is 1. The van der Waals surface area contributed by atoms with E-state index in [1.165, 1.54) is 24.3 Å². The highest BCUT2D eigenvalue weighted by Crippen LogP contribution is 2.25. The second-order valence-electron chi connectivity index (χ2n) is 6.45. The van der Waals surface area contributed by atoms with Gasteiger partial charge in [0.2, 0.25) is 5.60 Å². The molecule has 1 aromatic rings. The molecule has 0 saturated carbocycles. The predicted molar refractivity (Wildman–Crippen MR) is 79.5 cm³/mol. The van der Waals surface area contributed by atoms with Gasteiger partial charge in [0.15, 0.2) is 5.78 Å². The monoisotopic (exact) mass is 323 g/mol. The third-order valence-electron chi connectivity index (χ3n) is 3.21. The Balaban J connectivity index is 3.23. The minimum absolute atomic E-state index is 0.0460. The normalized spacial score (nSPS) is 13.9. The number of rotatable bonds is 7. The Labute approximate surface area is 134 Å². The van der Waals surface area contributed by atoms with Gasteiger partial charge in [-0.25, -0.2) is 4.79 Å². The standard InChI is InChI=1S/C16H21NO6/c1-11(18)16(9-14(20)21,10-17(2,3)4)23-15(22)12-7-5-6-8-13(12)19/h5-8H,9-10H2,1-4H3,(H-,19,20,21,22). The smallest absolute Gasteiger partial charge is 0.343 e. The third kappa shape index (κ3) is 5.07. The number of carbonyl (C=O) groups excluding carboxylic acids is 3. The fourth-order valence-corrected chi connectivity index (χ4v) is 2.31. The van der Waals surface area contributed by atoms with Gasteiger partial charge in [0.1, 0.15) is 17.9 Å². The first-order chi connectivity index (χ1) is 10.5. The number of carbonyl (C=O) groups is 3. The maximum atomic E-state index is 12.3. The second-order valence-corrected chi connectivity index (χ2v) is 6.45. The van der Waals surface area contributed by atoms with Crippen LogP contribution in [0.15, 0.2) is 24.3 Å². The van der Waals surface area contributed by atoms with Gasteiger partial charge in [-0.15, -0.1) is 0 Å². The van der Waals surface area contributed by atoms with E-state index in [4.69, 9.17) is 4.74 Å². The van der Waals surface area contributed by atoms with Gasteiger partial charge in [0, 0.05) is 12.4 Å². The molecule has 23 heavy (non-hydrogen) atoms. The fraction of sp³-hybridized carbons (Fsp3) is 0.438. The molecule has 1 unspecified atom stereocenters. The first kappa shape index (κ1) is 18.6. The number of hydrogen-bond acceptors (Lipinski definition) is 6. The van der Waals surface area contributed by atoms with Crippen LogP contribution in [0.3, 0.4) is 0 Å². The Kier molecular flexibility index (Phi) is 5.50. The molecule has 0 saturated heterocycles. The van der Waals surface area contributed by atoms with Gasteiger partial charge >= 0.3 is 5.97 Å². The van der Waals surface area contributed by atoms with Gasteiger partial charge < -0.3 is 24.2 Å². The van der Waals surface area contributed by atoms with E-state index in [-0.39, 0.29) is 22.3 Å². The van der Waals surface area contributed by atoms with E-state index in [2.05, 4.69) is 0 Å². The molecule has 0 aromatic heterocycles. The highest BCUT2D eigenvalue weighted by atomic mass is 16.6. The molecule has 1 rings (SSSR count). The molecule has 0 radical (unpaired) electrons. The molecule has 1 atom stereocenters. The summed E-state index contributed by atoms with van der Waals surface area (Å²) in [6.07, 6.45) is -0.753. The molecule has 126 valence electrons. The molecule has 0 spiro atoms. The van der Waals surface area contributed by atoms with Crippen LogP contribution in [0.2, 0.25) is 0 Å². The van der Waals surface area contributed by atoms with E-state index < -0.39 is 29.7 Å². The average Bonchev–Trinajstić information content (AvgIpc) is 2.35. The van der Waals surface area contributed by atoms with Crippen molar-refractivity contribution < 1.29 is 33.8 Å². The van der Waals surface area contributed by atoms with Crippen LogP contribution in [0.4, 0.5) is 0 Å². The number of Topliss-reactive ketones (excluding diaryl/α,β-unsaturated/α-hetero) is 1. The summed E-state index contributed by atoms with van der Waals surface area (Å²) in [6.45, 7) is 1.12. The van der Waals surface area contributed by atoms with Crippen molar-refractivity contribution in [2.45, 2.75) is 18.9 Å². The molecule has 0 heterocycles. The zero-order valence-corrected chi connectivity index (χ0v) is 13.7. The zero-order valence-electron chi connectivity index (χ0n) is 13.7. The molecule has 7 nitrogen and oxygen atoms in total. The van der Waals surface area contributed by atoms with Crippen LogP contribution in [0.25, 0.3) is 0 Å². The predicted octanol–water partition coefficient (Wildman–Crippen LogP) is -0.277. The highest BCUT2D eigenvalue weighted by molar-refractivity contribution is 5.97. The number of esters is 1. The summed E-state index contributed by atoms with van der Waals surface area (Å²) >= 11 is 0. The number of quaternary nitrogens is 1. The summed E-state index contributed by atoms with van der Waals surface area (Å²) in [5.74, 6) is -3.38. The molecular formula is C16H21NO6. The number of hydrogen-bond donors (Lipinski definition) is 1. The topological polar surface area (TPSA) is 104 Å². The highest BCUT2D eigenvalue weighted by Gasteiger charge is 2.45. The molecule has 1 aromatic carbocycles. The van der Waals surface area contributed by atoms with Crippen molar-refractivity contribution >= 4 is 17.7 Å². The lowest BCUT2D eigenvalue weighted by Crippen LogP contribution is -2.57. The number of phenols is 1. The van der Waals surface area contributed by atoms with Crippen molar-refractivity contribution in [2.24, 2.45) is 0 Å². The number of aliphatic carboxylic acids is 1. The van der Waals surface area contributed by atoms with Gasteiger partial charge in [-0.3, -0.25) is 4.79 Å². The van der Waals surface area contributed by atoms with Crippen LogP contribution >= 0.6 is 0 Å². The SMILES string of the molecule is CC(=O)C(CC(=O)[O-])(C[N+](C)(C)C)OC(=O)c1ccccc1O. The molecule has 0 fully saturated rings. The minimum atomic E-state index is -1.86. The fourth-order valence-electron chi connectivity index (χ4n) is 2.31. The number of phenolic OH excluding ortho intramolecular Hbond substituents is 1. The first-order valence-electron chi connectivity index (χ1n) is 6.99. The van der Waals surface area contributed by atoms with Crippen LogP contribution in [0.1, 0.15) is 23.7 Å². The molecule has 0 bridgehead atoms. The van der Waals surface area contributed by atoms with E-state index in [1.54, 1.807) is 21.1 Å². The van der Waals surface area contributed by atoms with Crippen LogP contribution in [0, 0.1) is 0 Å². The Bertz CT molecular complexity index is 619. The molecule has 0 aliphatic rings. The van der Waals surface area contributed by atoms with Gasteiger partial charge in [-0.05, 0) is 19.1 Å². The number of ether oxygens (including phenoxy) is 1. The lowest BCUT2D eigenvalue weighted by atomic mass is 9.93. The largest absolute Gasteiger partial charge is 0.550 e. The number of carboxylic acids is 1. The first-order valence-corrected chi connectivity index (χ1v) is 6.99. The van der Waals surface area contributed by atoms with Crippen molar-refractivity contribution in [1.82, 2.24) is 0 Å². The van der Waals surface area contributed by atoms with E-state index in [0.717, 1.165) is 6.92 Å². The Morgan fingerprint density at radius 1 is 1.22 bits per heavy atom. The number of aromatic hydroxyl groups is 1. The summed E-state index contributed by atoms with van der Waals surface area (Å²) in [7, 11) is 5.21. The number of para-hydroxylation sites is 1. The van der Waals surface area contributed by atoms with Gasteiger partial charge in [-0.2, -0.15) is 0 Å². The molecule has 1 N–H and O–H groups in total. The Morgan fingerprint density at radius 3 is 2.22 bits per heavy atom. The summed E-state index contributed by atoms with van der Waals surface area (Å²) in [4.78, 5) is 35.5. The lowest BCUT2D eigenvalue weighted by molar-refractivity contribution is -0.875. The number of likely N-dealkylation sites (N-methyl/N-ethyl adjacent to an activating group) is 1. The van der Waals surface area contributed by atoms with Gasteiger partial charge in [-0.1, -0.05) is 12.1 Å². The zero-order chi connectivity index (χ0) is 17.8. The molecule has 0 aliphatic heterocycles. The van der Waals surface area contributed by atoms with E-state index in [0.29, 0.717) is 0 Å². The van der Waals surface area contributed by atoms with Crippen LogP contribution in [-0.4, -0.2) is 60.6 Å². The van der Waals surface area contributed by atoms with E-state index >= 15 is 0 Å². The summed E-state index contributed by atoms with van der Waals surface area (Å²) in [6, 6.07) is 5.67. The van der Waals surface area contributed by atoms with E-state index in [1.807, 2.05) is 0 Å². The number of ketones is 1. The van der Waals surface area contributed by atoms with Crippen LogP contribution < -0.4 is 5.11 Å². The van der Waals surface area contributed by atoms with Gasteiger partial charge in [0.25, 0.3) is 0 Å². The Morgan fingerprint density at radius 2 is 1.78 bits per heavy atom. The summed E-state index contributed by atoms with van der Waals surface area (Å²) < 4.78 is 5.46. The summed E-state index contributed by atoms with van der Waals surface area (Å²) in [5, 5.41) is 20.8. The van der Waals surface area contributed by atoms with Crippen LogP contribution in [-0.2, 0) is 14.3 Å². The molecule has 0 aliphatic carbocycles. The lowest BCUT2D eigenvalue weighted by Gasteiger charge is -2.37. The quantitative estimate of drug-likeness (QED) is 0.547. The van der Waals surface area contributed by atoms with Crippen molar-refractivity contribution in [3.8, 4) is 5.75 Å². The van der Waals surface area contributed by atoms with Crippen molar-refractivity contribution in [3.05, 3.63) is 29.8 Å². The molecule has 7 heteroatoms. The minimum Gasteiger partial charge on any atom is -0.550 e. The van der Waals surface area contributed by atoms with Crippen molar-refractivity contribution in [3.63, 3.8) is 0 Å². The summed E-state index contributed by atoms with van der Waals surface area (Å²) in [5.41, 5.74) is -2.01. The number of nitrogens with zero attached hydrogens (tertiary/aromatic N) is 1. The molecule has 0 amide bonds. The third-order valence-corrected chi connectivity index (χ3v) is 3.21. The molecular weight excluding hydrogens is 302 g/mol. The van der Waals surface area contributed by atoms with E-state index in [9.17, 15) is 24.6 Å². The number of benzene rings is 1. The van der Waals surface area contributed by atoms with Crippen molar-refractivity contribution in [2.75, 3.05) is 27.7 Å². The Hall–Kier alpha value is -2.41. The van der Waals surface area contributed by atoms with Crippen LogP contribution in [0.5, 0.6) is 5.75 Å². The van der Waals surface area contributed by atoms with Crippen molar-refractivity contribution in [1.29, 1.82) is 0 Å². The maximum absolute atomic E-state index is 12.3. The second kappa shape index (κ2) is 6.78. The van der Waals surface area contributed by atoms with Gasteiger partial charge in [0.05, 0.1) is 21.1 Å². The maximum Gasteiger partial charge on any atom is 0.343 e.